The maximum absolute atomic E-state index is 11.6. The van der Waals surface area contributed by atoms with E-state index in [2.05, 4.69) is 13.8 Å². The van der Waals surface area contributed by atoms with Gasteiger partial charge in [-0.25, -0.2) is 0 Å². The van der Waals surface area contributed by atoms with Crippen molar-refractivity contribution >= 4 is 17.9 Å². The smallest absolute Gasteiger partial charge is 0.164 e. The van der Waals surface area contributed by atoms with Gasteiger partial charge in [0.25, 0.3) is 0 Å². The van der Waals surface area contributed by atoms with Crippen molar-refractivity contribution in [2.24, 2.45) is 10.8 Å². The van der Waals surface area contributed by atoms with E-state index in [9.17, 15) is 9.59 Å². The van der Waals surface area contributed by atoms with E-state index in [1.54, 1.807) is 0 Å². The van der Waals surface area contributed by atoms with Gasteiger partial charge in [0.05, 0.1) is 0 Å². The van der Waals surface area contributed by atoms with E-state index in [1.165, 1.54) is 19.8 Å². The summed E-state index contributed by atoms with van der Waals surface area (Å²) >= 11 is 0. The molecular formula is C20H34O3. The molecular weight excluding hydrogens is 288 g/mol. The number of rotatable bonds is 0. The Kier molecular flexibility index (Phi) is 9.26. The number of allylic oxidation sites excluding steroid dienone is 2. The van der Waals surface area contributed by atoms with Gasteiger partial charge in [0, 0.05) is 17.3 Å². The molecule has 2 aliphatic rings. The van der Waals surface area contributed by atoms with Gasteiger partial charge in [0.2, 0.25) is 0 Å². The molecule has 0 aliphatic heterocycles. The lowest BCUT2D eigenvalue weighted by molar-refractivity contribution is -0.129. The zero-order chi connectivity index (χ0) is 18.1. The molecule has 0 atom stereocenters. The van der Waals surface area contributed by atoms with Crippen molar-refractivity contribution in [2.75, 3.05) is 0 Å². The van der Waals surface area contributed by atoms with Gasteiger partial charge < -0.3 is 4.79 Å². The Morgan fingerprint density at radius 1 is 0.826 bits per heavy atom. The number of hydrogen-bond donors (Lipinski definition) is 0. The lowest BCUT2D eigenvalue weighted by atomic mass is 9.74. The van der Waals surface area contributed by atoms with Crippen molar-refractivity contribution in [3.63, 3.8) is 0 Å². The van der Waals surface area contributed by atoms with Crippen LogP contribution in [0.3, 0.4) is 0 Å². The molecule has 3 nitrogen and oxygen atoms in total. The number of hydrogen-bond acceptors (Lipinski definition) is 3. The molecule has 23 heavy (non-hydrogen) atoms. The average molecular weight is 322 g/mol. The van der Waals surface area contributed by atoms with Gasteiger partial charge in [-0.3, -0.25) is 9.59 Å². The van der Waals surface area contributed by atoms with Gasteiger partial charge in [-0.15, -0.1) is 0 Å². The fraction of sp³-hybridized carbons (Fsp3) is 0.750. The van der Waals surface area contributed by atoms with Crippen molar-refractivity contribution in [2.45, 2.75) is 86.5 Å². The summed E-state index contributed by atoms with van der Waals surface area (Å²) in [6.07, 6.45) is 10.2. The lowest BCUT2D eigenvalue weighted by Crippen LogP contribution is -2.29. The largest absolute Gasteiger partial charge is 0.304 e. The van der Waals surface area contributed by atoms with Crippen LogP contribution in [0, 0.1) is 10.8 Å². The Morgan fingerprint density at radius 3 is 1.70 bits per heavy atom. The Balaban J connectivity index is 0.000000365. The van der Waals surface area contributed by atoms with Crippen LogP contribution in [0.25, 0.3) is 0 Å². The molecule has 2 saturated carbocycles. The summed E-state index contributed by atoms with van der Waals surface area (Å²) in [5.74, 6) is 0.806. The third-order valence-corrected chi connectivity index (χ3v) is 4.71. The monoisotopic (exact) mass is 322 g/mol. The van der Waals surface area contributed by atoms with Gasteiger partial charge >= 0.3 is 0 Å². The molecule has 3 heteroatoms. The molecule has 0 aromatic carbocycles. The standard InChI is InChI=1S/C10H16O.C8H14O.C2H4O/c1-4-8-6-5-7-10(2,3)9(8)11;1-8(2)6-4-3-5-7(8)9;1-2-3/h4H,5-7H2,1-3H3;3-6H2,1-2H3;2H,1H3. The highest BCUT2D eigenvalue weighted by atomic mass is 16.1. The normalized spacial score (nSPS) is 24.0. The molecule has 0 radical (unpaired) electrons. The van der Waals surface area contributed by atoms with Crippen LogP contribution < -0.4 is 0 Å². The minimum atomic E-state index is -0.0971. The molecule has 2 fully saturated rings. The van der Waals surface area contributed by atoms with E-state index >= 15 is 0 Å². The first-order chi connectivity index (χ1) is 10.6. The first-order valence-electron chi connectivity index (χ1n) is 8.75. The highest BCUT2D eigenvalue weighted by molar-refractivity contribution is 5.99. The predicted molar refractivity (Wildman–Crippen MR) is 95.4 cm³/mol. The highest BCUT2D eigenvalue weighted by Crippen LogP contribution is 2.34. The van der Waals surface area contributed by atoms with Crippen molar-refractivity contribution in [3.8, 4) is 0 Å². The summed E-state index contributed by atoms with van der Waals surface area (Å²) in [7, 11) is 0. The number of aldehydes is 1. The zero-order valence-electron chi connectivity index (χ0n) is 15.8. The zero-order valence-corrected chi connectivity index (χ0v) is 15.8. The fourth-order valence-corrected chi connectivity index (χ4v) is 2.99. The number of carbonyl (C=O) groups excluding carboxylic acids is 3. The first-order valence-corrected chi connectivity index (χ1v) is 8.75. The SMILES string of the molecule is CC1(C)CCCCC1=O.CC=C1CCCC(C)(C)C1=O.CC=O. The molecule has 0 unspecified atom stereocenters. The van der Waals surface area contributed by atoms with Crippen LogP contribution in [-0.2, 0) is 14.4 Å². The quantitative estimate of drug-likeness (QED) is 0.462. The molecule has 0 saturated heterocycles. The molecule has 0 amide bonds. The highest BCUT2D eigenvalue weighted by Gasteiger charge is 2.32. The molecule has 2 aliphatic carbocycles. The third-order valence-electron chi connectivity index (χ3n) is 4.71. The molecule has 0 bridgehead atoms. The Labute approximate surface area is 141 Å². The summed E-state index contributed by atoms with van der Waals surface area (Å²) < 4.78 is 0. The van der Waals surface area contributed by atoms with Gasteiger partial charge in [0.1, 0.15) is 12.1 Å². The van der Waals surface area contributed by atoms with Crippen molar-refractivity contribution < 1.29 is 14.4 Å². The molecule has 0 aromatic rings. The fourth-order valence-electron chi connectivity index (χ4n) is 2.99. The van der Waals surface area contributed by atoms with Crippen molar-refractivity contribution in [1.29, 1.82) is 0 Å². The van der Waals surface area contributed by atoms with E-state index in [-0.39, 0.29) is 10.8 Å². The van der Waals surface area contributed by atoms with E-state index in [4.69, 9.17) is 4.79 Å². The number of Topliss-reactive ketones (excluding diaryl/α,β-unsaturated/α-hetero) is 2. The van der Waals surface area contributed by atoms with Crippen LogP contribution in [0.1, 0.15) is 86.5 Å². The molecule has 0 N–H and O–H groups in total. The summed E-state index contributed by atoms with van der Waals surface area (Å²) in [6, 6.07) is 0. The minimum absolute atomic E-state index is 0.00174. The summed E-state index contributed by atoms with van der Waals surface area (Å²) in [5, 5.41) is 0. The second-order valence-electron chi connectivity index (χ2n) is 7.63. The topological polar surface area (TPSA) is 51.2 Å². The molecule has 0 heterocycles. The molecule has 0 aromatic heterocycles. The van der Waals surface area contributed by atoms with Gasteiger partial charge in [-0.05, 0) is 51.5 Å². The summed E-state index contributed by atoms with van der Waals surface area (Å²) in [5.41, 5.74) is 0.930. The van der Waals surface area contributed by atoms with Crippen molar-refractivity contribution in [3.05, 3.63) is 11.6 Å². The van der Waals surface area contributed by atoms with E-state index < -0.39 is 0 Å². The predicted octanol–water partition coefficient (Wildman–Crippen LogP) is 5.07. The number of ketones is 2. The third kappa shape index (κ3) is 7.24. The Morgan fingerprint density at radius 2 is 1.35 bits per heavy atom. The Hall–Kier alpha value is -1.25. The average Bonchev–Trinajstić information content (AvgIpc) is 2.47. The molecule has 2 rings (SSSR count). The summed E-state index contributed by atoms with van der Waals surface area (Å²) in [6.45, 7) is 11.6. The minimum Gasteiger partial charge on any atom is -0.304 e. The van der Waals surface area contributed by atoms with Crippen LogP contribution >= 0.6 is 0 Å². The van der Waals surface area contributed by atoms with E-state index in [0.717, 1.165) is 44.0 Å². The Bertz CT molecular complexity index is 442. The second kappa shape index (κ2) is 9.79. The van der Waals surface area contributed by atoms with Gasteiger partial charge in [-0.1, -0.05) is 40.2 Å². The van der Waals surface area contributed by atoms with Crippen LogP contribution in [-0.4, -0.2) is 17.9 Å². The van der Waals surface area contributed by atoms with Crippen LogP contribution in [0.2, 0.25) is 0 Å². The van der Waals surface area contributed by atoms with E-state index in [1.807, 2.05) is 26.8 Å². The summed E-state index contributed by atoms with van der Waals surface area (Å²) in [4.78, 5) is 31.5. The van der Waals surface area contributed by atoms with Gasteiger partial charge in [0.15, 0.2) is 5.78 Å². The van der Waals surface area contributed by atoms with Crippen LogP contribution in [0.5, 0.6) is 0 Å². The lowest BCUT2D eigenvalue weighted by Gasteiger charge is -2.29. The first kappa shape index (κ1) is 21.8. The second-order valence-corrected chi connectivity index (χ2v) is 7.63. The van der Waals surface area contributed by atoms with Crippen LogP contribution in [0.4, 0.5) is 0 Å². The maximum atomic E-state index is 11.6. The molecule has 132 valence electrons. The van der Waals surface area contributed by atoms with E-state index in [0.29, 0.717) is 11.6 Å². The maximum Gasteiger partial charge on any atom is 0.164 e. The van der Waals surface area contributed by atoms with Crippen LogP contribution in [0.15, 0.2) is 11.6 Å². The van der Waals surface area contributed by atoms with Crippen molar-refractivity contribution in [1.82, 2.24) is 0 Å². The van der Waals surface area contributed by atoms with Gasteiger partial charge in [-0.2, -0.15) is 0 Å². The molecule has 0 spiro atoms. The number of carbonyl (C=O) groups is 3.